The van der Waals surface area contributed by atoms with E-state index in [1.165, 1.54) is 24.3 Å². The maximum atomic E-state index is 13.2. The first-order valence-corrected chi connectivity index (χ1v) is 9.19. The molecule has 4 nitrogen and oxygen atoms in total. The minimum atomic E-state index is -4.42. The Labute approximate surface area is 144 Å². The fourth-order valence-corrected chi connectivity index (χ4v) is 3.77. The minimum absolute atomic E-state index is 0.0102. The molecule has 0 radical (unpaired) electrons. The lowest BCUT2D eigenvalue weighted by atomic mass is 10.1. The van der Waals surface area contributed by atoms with Crippen LogP contribution in [0.3, 0.4) is 0 Å². The van der Waals surface area contributed by atoms with E-state index >= 15 is 0 Å². The molecule has 0 fully saturated rings. The normalized spacial score (nSPS) is 17.6. The third-order valence-corrected chi connectivity index (χ3v) is 5.31. The molecule has 25 heavy (non-hydrogen) atoms. The quantitative estimate of drug-likeness (QED) is 0.902. The van der Waals surface area contributed by atoms with E-state index in [0.717, 1.165) is 17.3 Å². The molecular weight excluding hydrogens is 353 g/mol. The molecule has 0 aliphatic carbocycles. The summed E-state index contributed by atoms with van der Waals surface area (Å²) in [5.74, 6) is 0. The number of halogens is 3. The topological polar surface area (TPSA) is 63.4 Å². The maximum absolute atomic E-state index is 13.2. The van der Waals surface area contributed by atoms with Gasteiger partial charge < -0.3 is 4.90 Å². The number of hydrogen-bond donors (Lipinski definition) is 1. The van der Waals surface area contributed by atoms with Crippen molar-refractivity contribution >= 4 is 15.7 Å². The Kier molecular flexibility index (Phi) is 4.28. The van der Waals surface area contributed by atoms with Crippen LogP contribution in [0.2, 0.25) is 0 Å². The first-order chi connectivity index (χ1) is 11.6. The first-order valence-electron chi connectivity index (χ1n) is 7.65. The van der Waals surface area contributed by atoms with Crippen LogP contribution in [0, 0.1) is 0 Å². The number of rotatable bonds is 3. The molecule has 0 aromatic heterocycles. The highest BCUT2D eigenvalue weighted by Crippen LogP contribution is 2.37. The highest BCUT2D eigenvalue weighted by molar-refractivity contribution is 7.89. The van der Waals surface area contributed by atoms with Crippen molar-refractivity contribution in [3.63, 3.8) is 0 Å². The van der Waals surface area contributed by atoms with Gasteiger partial charge in [-0.25, -0.2) is 13.6 Å². The molecule has 2 aromatic rings. The van der Waals surface area contributed by atoms with E-state index in [1.54, 1.807) is 12.1 Å². The second kappa shape index (κ2) is 6.03. The van der Waals surface area contributed by atoms with Gasteiger partial charge in [0, 0.05) is 18.3 Å². The summed E-state index contributed by atoms with van der Waals surface area (Å²) in [6.07, 6.45) is -3.87. The summed E-state index contributed by atoms with van der Waals surface area (Å²) in [6, 6.07) is 9.92. The summed E-state index contributed by atoms with van der Waals surface area (Å²) < 4.78 is 62.6. The predicted molar refractivity (Wildman–Crippen MR) is 88.6 cm³/mol. The van der Waals surface area contributed by atoms with E-state index in [4.69, 9.17) is 5.14 Å². The van der Waals surface area contributed by atoms with Gasteiger partial charge in [0.25, 0.3) is 0 Å². The Balaban J connectivity index is 1.97. The number of nitrogens with two attached hydrogens (primary N) is 1. The molecule has 0 saturated carbocycles. The zero-order valence-electron chi connectivity index (χ0n) is 13.4. The van der Waals surface area contributed by atoms with E-state index in [1.807, 2.05) is 11.8 Å². The predicted octanol–water partition coefficient (Wildman–Crippen LogP) is 3.30. The molecule has 134 valence electrons. The second-order valence-corrected chi connectivity index (χ2v) is 7.73. The van der Waals surface area contributed by atoms with Crippen molar-refractivity contribution in [3.05, 3.63) is 59.2 Å². The summed E-state index contributed by atoms with van der Waals surface area (Å²) >= 11 is 0. The summed E-state index contributed by atoms with van der Waals surface area (Å²) in [5.41, 5.74) is 1.03. The number of alkyl halides is 3. The lowest BCUT2D eigenvalue weighted by Gasteiger charge is -2.26. The van der Waals surface area contributed by atoms with Gasteiger partial charge in [-0.05, 0) is 48.7 Å². The molecular formula is C17H17F3N2O2S. The van der Waals surface area contributed by atoms with E-state index in [2.05, 4.69) is 0 Å². The van der Waals surface area contributed by atoms with Crippen LogP contribution < -0.4 is 10.0 Å². The van der Waals surface area contributed by atoms with Gasteiger partial charge in [-0.2, -0.15) is 13.2 Å². The van der Waals surface area contributed by atoms with Crippen LogP contribution in [0.5, 0.6) is 0 Å². The van der Waals surface area contributed by atoms with E-state index in [-0.39, 0.29) is 23.0 Å². The number of benzene rings is 2. The van der Waals surface area contributed by atoms with E-state index in [0.29, 0.717) is 6.42 Å². The molecule has 1 aliphatic rings. The third kappa shape index (κ3) is 3.50. The van der Waals surface area contributed by atoms with Crippen molar-refractivity contribution in [2.45, 2.75) is 37.0 Å². The molecule has 1 atom stereocenters. The van der Waals surface area contributed by atoms with Gasteiger partial charge in [0.2, 0.25) is 10.0 Å². The lowest BCUT2D eigenvalue weighted by molar-refractivity contribution is -0.138. The molecule has 2 aromatic carbocycles. The third-order valence-electron chi connectivity index (χ3n) is 4.40. The summed E-state index contributed by atoms with van der Waals surface area (Å²) in [7, 11) is -3.81. The average molecular weight is 370 g/mol. The molecule has 0 spiro atoms. The SMILES string of the molecule is C[C@@H]1Cc2cc(S(N)(=O)=O)ccc2N1Cc1ccccc1C(F)(F)F. The van der Waals surface area contributed by atoms with Gasteiger partial charge in [-0.1, -0.05) is 18.2 Å². The van der Waals surface area contributed by atoms with E-state index in [9.17, 15) is 21.6 Å². The lowest BCUT2D eigenvalue weighted by Crippen LogP contribution is -2.29. The molecule has 1 heterocycles. The Hall–Kier alpha value is -2.06. The van der Waals surface area contributed by atoms with Gasteiger partial charge in [0.05, 0.1) is 10.5 Å². The Morgan fingerprint density at radius 1 is 1.20 bits per heavy atom. The molecule has 0 bridgehead atoms. The number of hydrogen-bond acceptors (Lipinski definition) is 3. The van der Waals surface area contributed by atoms with Gasteiger partial charge in [-0.3, -0.25) is 0 Å². The van der Waals surface area contributed by atoms with Crippen molar-refractivity contribution in [1.82, 2.24) is 0 Å². The largest absolute Gasteiger partial charge is 0.416 e. The summed E-state index contributed by atoms with van der Waals surface area (Å²) in [4.78, 5) is 1.86. The van der Waals surface area contributed by atoms with Crippen molar-refractivity contribution in [2.24, 2.45) is 5.14 Å². The summed E-state index contributed by atoms with van der Waals surface area (Å²) in [5, 5.41) is 5.15. The van der Waals surface area contributed by atoms with Gasteiger partial charge >= 0.3 is 6.18 Å². The van der Waals surface area contributed by atoms with Crippen LogP contribution in [0.15, 0.2) is 47.4 Å². The number of anilines is 1. The van der Waals surface area contributed by atoms with Gasteiger partial charge in [-0.15, -0.1) is 0 Å². The standard InChI is InChI=1S/C17H17F3N2O2S/c1-11-8-13-9-14(25(21,23)24)6-7-16(13)22(11)10-12-4-2-3-5-15(12)17(18,19)20/h2-7,9,11H,8,10H2,1H3,(H2,21,23,24)/t11-/m1/s1. The van der Waals surface area contributed by atoms with Crippen LogP contribution in [0.4, 0.5) is 18.9 Å². The van der Waals surface area contributed by atoms with Gasteiger partial charge in [0.15, 0.2) is 0 Å². The smallest absolute Gasteiger partial charge is 0.364 e. The summed E-state index contributed by atoms with van der Waals surface area (Å²) in [6.45, 7) is 1.99. The molecule has 0 saturated heterocycles. The second-order valence-electron chi connectivity index (χ2n) is 6.17. The van der Waals surface area contributed by atoms with Gasteiger partial charge in [0.1, 0.15) is 0 Å². The first kappa shape index (κ1) is 17.8. The van der Waals surface area contributed by atoms with Crippen LogP contribution >= 0.6 is 0 Å². The number of primary sulfonamides is 1. The molecule has 3 rings (SSSR count). The minimum Gasteiger partial charge on any atom is -0.364 e. The Morgan fingerprint density at radius 2 is 1.88 bits per heavy atom. The monoisotopic (exact) mass is 370 g/mol. The Morgan fingerprint density at radius 3 is 2.52 bits per heavy atom. The molecule has 1 aliphatic heterocycles. The fourth-order valence-electron chi connectivity index (χ4n) is 3.21. The molecule has 8 heteroatoms. The van der Waals surface area contributed by atoms with Crippen LogP contribution in [0.25, 0.3) is 0 Å². The molecule has 2 N–H and O–H groups in total. The highest BCUT2D eigenvalue weighted by Gasteiger charge is 2.35. The highest BCUT2D eigenvalue weighted by atomic mass is 32.2. The average Bonchev–Trinajstić information content (AvgIpc) is 2.81. The number of nitrogens with zero attached hydrogens (tertiary/aromatic N) is 1. The zero-order valence-corrected chi connectivity index (χ0v) is 14.2. The van der Waals surface area contributed by atoms with Crippen LogP contribution in [-0.2, 0) is 29.2 Å². The zero-order chi connectivity index (χ0) is 18.4. The molecule has 0 unspecified atom stereocenters. The Bertz CT molecular complexity index is 910. The van der Waals surface area contributed by atoms with Crippen LogP contribution in [0.1, 0.15) is 23.6 Å². The van der Waals surface area contributed by atoms with E-state index < -0.39 is 21.8 Å². The van der Waals surface area contributed by atoms with Crippen molar-refractivity contribution in [3.8, 4) is 0 Å². The molecule has 0 amide bonds. The van der Waals surface area contributed by atoms with Crippen LogP contribution in [-0.4, -0.2) is 14.5 Å². The van der Waals surface area contributed by atoms with Crippen molar-refractivity contribution in [2.75, 3.05) is 4.90 Å². The number of fused-ring (bicyclic) bond motifs is 1. The van der Waals surface area contributed by atoms with Crippen molar-refractivity contribution < 1.29 is 21.6 Å². The van der Waals surface area contributed by atoms with Crippen molar-refractivity contribution in [1.29, 1.82) is 0 Å². The number of sulfonamides is 1. The maximum Gasteiger partial charge on any atom is 0.416 e. The fraction of sp³-hybridized carbons (Fsp3) is 0.294.